The number of benzene rings is 6. The fourth-order valence-corrected chi connectivity index (χ4v) is 7.78. The fraction of sp³-hybridized carbons (Fsp3) is 0.0370. The van der Waals surface area contributed by atoms with Gasteiger partial charge < -0.3 is 11.5 Å². The molecule has 7 rings (SSSR count). The summed E-state index contributed by atoms with van der Waals surface area (Å²) in [5.74, 6) is 0. The molecule has 0 saturated carbocycles. The molecule has 272 valence electrons. The molecule has 1 atom stereocenters. The summed E-state index contributed by atoms with van der Waals surface area (Å²) in [6.07, 6.45) is 33.1. The highest BCUT2D eigenvalue weighted by atomic mass is 14.6. The Labute approximate surface area is 331 Å². The van der Waals surface area contributed by atoms with Gasteiger partial charge in [0, 0.05) is 5.69 Å². The van der Waals surface area contributed by atoms with Crippen LogP contribution in [0.5, 0.6) is 0 Å². The number of nitrogens with two attached hydrogens (primary N) is 2. The topological polar surface area (TPSA) is 52.0 Å². The fourth-order valence-electron chi connectivity index (χ4n) is 7.78. The number of hydrogen-bond acceptors (Lipinski definition) is 2. The third-order valence-corrected chi connectivity index (χ3v) is 10.3. The third kappa shape index (κ3) is 7.73. The number of anilines is 1. The van der Waals surface area contributed by atoms with Gasteiger partial charge in [-0.15, -0.1) is 0 Å². The van der Waals surface area contributed by atoms with Crippen LogP contribution in [-0.4, -0.2) is 0 Å². The zero-order chi connectivity index (χ0) is 38.6. The zero-order valence-electron chi connectivity index (χ0n) is 31.5. The van der Waals surface area contributed by atoms with Gasteiger partial charge in [-0.2, -0.15) is 0 Å². The van der Waals surface area contributed by atoms with Gasteiger partial charge in [0.05, 0.1) is 5.41 Å². The van der Waals surface area contributed by atoms with E-state index in [0.29, 0.717) is 0 Å². The third-order valence-electron chi connectivity index (χ3n) is 10.3. The maximum Gasteiger partial charge on any atom is 0.0739 e. The second-order valence-electron chi connectivity index (χ2n) is 13.7. The highest BCUT2D eigenvalue weighted by Crippen LogP contribution is 2.58. The Hall–Kier alpha value is -7.16. The van der Waals surface area contributed by atoms with Crippen LogP contribution in [-0.2, 0) is 11.8 Å². The van der Waals surface area contributed by atoms with Gasteiger partial charge >= 0.3 is 0 Å². The quantitative estimate of drug-likeness (QED) is 0.0920. The van der Waals surface area contributed by atoms with Crippen LogP contribution in [0.15, 0.2) is 231 Å². The minimum absolute atomic E-state index is 0.680. The van der Waals surface area contributed by atoms with E-state index in [9.17, 15) is 0 Å². The van der Waals surface area contributed by atoms with Crippen molar-refractivity contribution in [1.29, 1.82) is 0 Å². The standard InChI is InChI=1S/C54H46N2/c1-2-3-4-10-26-44-27-14-16-30-49(44)54(51-32-18-19-33-53(51)56)50-31-17-15-29-47(50)48-37-36-46(40-52(48)54)42(25-20-21-38-55)23-11-8-6-5-7-9-22-41-34-35-43-24-12-13-28-45(43)39-41/h2-21,23-40H,1,22,55-56H2/b4-3-,6-5-,9-7+,11-8-,25-20+,26-10-,38-21+,42-23+. The van der Waals surface area contributed by atoms with Crippen molar-refractivity contribution in [3.63, 3.8) is 0 Å². The predicted octanol–water partition coefficient (Wildman–Crippen LogP) is 12.9. The average molecular weight is 723 g/mol. The monoisotopic (exact) mass is 722 g/mol. The lowest BCUT2D eigenvalue weighted by atomic mass is 9.65. The van der Waals surface area contributed by atoms with Crippen LogP contribution in [0.3, 0.4) is 0 Å². The van der Waals surface area contributed by atoms with Crippen LogP contribution in [0.1, 0.15) is 38.9 Å². The maximum atomic E-state index is 6.98. The number of nitrogen functional groups attached to an aromatic ring is 1. The number of allylic oxidation sites excluding steroid dienone is 15. The van der Waals surface area contributed by atoms with Crippen molar-refractivity contribution in [1.82, 2.24) is 0 Å². The van der Waals surface area contributed by atoms with Gasteiger partial charge in [0.15, 0.2) is 0 Å². The summed E-state index contributed by atoms with van der Waals surface area (Å²) in [6.45, 7) is 3.83. The molecule has 2 heteroatoms. The van der Waals surface area contributed by atoms with E-state index >= 15 is 0 Å². The molecule has 0 amide bonds. The highest BCUT2D eigenvalue weighted by Gasteiger charge is 2.48. The molecule has 6 aromatic rings. The molecule has 6 aromatic carbocycles. The smallest absolute Gasteiger partial charge is 0.0739 e. The summed E-state index contributed by atoms with van der Waals surface area (Å²) in [5.41, 5.74) is 24.3. The van der Waals surface area contributed by atoms with E-state index in [4.69, 9.17) is 11.5 Å². The summed E-state index contributed by atoms with van der Waals surface area (Å²) in [4.78, 5) is 0. The first-order valence-electron chi connectivity index (χ1n) is 19.0. The lowest BCUT2D eigenvalue weighted by Crippen LogP contribution is -2.30. The largest absolute Gasteiger partial charge is 0.405 e. The van der Waals surface area contributed by atoms with Gasteiger partial charge in [0.25, 0.3) is 0 Å². The SMILES string of the molecule is C=C/C=C\C=C/c1ccccc1C1(c2ccccc2N)c2ccccc2-c2ccc(C(/C=C/C=C/N)=C/C=C\C=C/C=C/Cc3ccc4ccccc4c3)cc21. The van der Waals surface area contributed by atoms with Crippen LogP contribution in [0, 0.1) is 0 Å². The maximum absolute atomic E-state index is 6.98. The van der Waals surface area contributed by atoms with E-state index in [1.54, 1.807) is 12.3 Å². The molecule has 0 fully saturated rings. The molecule has 56 heavy (non-hydrogen) atoms. The second kappa shape index (κ2) is 17.8. The van der Waals surface area contributed by atoms with Gasteiger partial charge in [-0.05, 0) is 97.2 Å². The molecule has 0 aliphatic heterocycles. The first kappa shape index (κ1) is 37.2. The molecule has 0 aromatic heterocycles. The van der Waals surface area contributed by atoms with Crippen LogP contribution >= 0.6 is 0 Å². The first-order valence-corrected chi connectivity index (χ1v) is 19.0. The highest BCUT2D eigenvalue weighted by molar-refractivity contribution is 5.91. The van der Waals surface area contributed by atoms with E-state index in [1.807, 2.05) is 36.4 Å². The van der Waals surface area contributed by atoms with Crippen molar-refractivity contribution >= 4 is 28.1 Å². The van der Waals surface area contributed by atoms with Gasteiger partial charge in [0.2, 0.25) is 0 Å². The molecule has 4 N–H and O–H groups in total. The normalized spacial score (nSPS) is 15.8. The number of rotatable bonds is 13. The van der Waals surface area contributed by atoms with E-state index in [1.165, 1.54) is 38.6 Å². The summed E-state index contributed by atoms with van der Waals surface area (Å²) in [5, 5.41) is 2.54. The van der Waals surface area contributed by atoms with Crippen LogP contribution in [0.2, 0.25) is 0 Å². The van der Waals surface area contributed by atoms with Gasteiger partial charge in [-0.3, -0.25) is 0 Å². The van der Waals surface area contributed by atoms with Crippen LogP contribution in [0.25, 0.3) is 33.5 Å². The predicted molar refractivity (Wildman–Crippen MR) is 242 cm³/mol. The summed E-state index contributed by atoms with van der Waals surface area (Å²) >= 11 is 0. The number of para-hydroxylation sites is 1. The summed E-state index contributed by atoms with van der Waals surface area (Å²) in [7, 11) is 0. The summed E-state index contributed by atoms with van der Waals surface area (Å²) < 4.78 is 0. The molecular formula is C54H46N2. The van der Waals surface area contributed by atoms with Crippen molar-refractivity contribution in [3.05, 3.63) is 270 Å². The van der Waals surface area contributed by atoms with Crippen LogP contribution < -0.4 is 11.5 Å². The van der Waals surface area contributed by atoms with Gasteiger partial charge in [-0.25, -0.2) is 0 Å². The van der Waals surface area contributed by atoms with Crippen molar-refractivity contribution < 1.29 is 0 Å². The van der Waals surface area contributed by atoms with Gasteiger partial charge in [-0.1, -0.05) is 213 Å². The molecule has 0 spiro atoms. The summed E-state index contributed by atoms with van der Waals surface area (Å²) in [6, 6.07) is 47.6. The Kier molecular flexibility index (Phi) is 11.8. The first-order chi connectivity index (χ1) is 27.6. The molecule has 2 nitrogen and oxygen atoms in total. The van der Waals surface area contributed by atoms with E-state index in [2.05, 4.69) is 189 Å². The minimum atomic E-state index is -0.680. The van der Waals surface area contributed by atoms with Crippen molar-refractivity contribution in [2.24, 2.45) is 5.73 Å². The molecular weight excluding hydrogens is 677 g/mol. The van der Waals surface area contributed by atoms with E-state index in [-0.39, 0.29) is 0 Å². The Morgan fingerprint density at radius 3 is 2.09 bits per heavy atom. The Morgan fingerprint density at radius 1 is 0.554 bits per heavy atom. The molecule has 1 unspecified atom stereocenters. The lowest BCUT2D eigenvalue weighted by molar-refractivity contribution is 0.769. The molecule has 0 saturated heterocycles. The van der Waals surface area contributed by atoms with Crippen molar-refractivity contribution in [3.8, 4) is 11.1 Å². The van der Waals surface area contributed by atoms with Gasteiger partial charge in [0.1, 0.15) is 0 Å². The van der Waals surface area contributed by atoms with Crippen molar-refractivity contribution in [2.75, 3.05) is 5.73 Å². The average Bonchev–Trinajstić information content (AvgIpc) is 3.53. The van der Waals surface area contributed by atoms with E-state index in [0.717, 1.165) is 39.9 Å². The Balaban J connectivity index is 1.28. The number of hydrogen-bond donors (Lipinski definition) is 2. The molecule has 1 aliphatic carbocycles. The number of fused-ring (bicyclic) bond motifs is 4. The van der Waals surface area contributed by atoms with Crippen molar-refractivity contribution in [2.45, 2.75) is 11.8 Å². The minimum Gasteiger partial charge on any atom is -0.405 e. The molecule has 0 radical (unpaired) electrons. The zero-order valence-corrected chi connectivity index (χ0v) is 31.5. The lowest BCUT2D eigenvalue weighted by Gasteiger charge is -2.36. The Morgan fingerprint density at radius 2 is 1.25 bits per heavy atom. The molecule has 0 heterocycles. The Bertz CT molecular complexity index is 2600. The van der Waals surface area contributed by atoms with Crippen LogP contribution in [0.4, 0.5) is 5.69 Å². The molecule has 0 bridgehead atoms. The van der Waals surface area contributed by atoms with E-state index < -0.39 is 5.41 Å². The second-order valence-corrected chi connectivity index (χ2v) is 13.7. The molecule has 1 aliphatic rings.